The average molecular weight is 212 g/mol. The first kappa shape index (κ1) is 12.5. The molecular weight excluding hydrogens is 188 g/mol. The molecule has 0 aromatic rings. The number of carboxylic acids is 1. The van der Waals surface area contributed by atoms with Crippen LogP contribution in [-0.4, -0.2) is 11.1 Å². The lowest BCUT2D eigenvalue weighted by Gasteiger charge is -2.46. The molecule has 1 unspecified atom stereocenters. The third-order valence-electron chi connectivity index (χ3n) is 3.68. The van der Waals surface area contributed by atoms with E-state index < -0.39 is 5.97 Å². The lowest BCUT2D eigenvalue weighted by Crippen LogP contribution is -2.38. The molecule has 1 fully saturated rings. The third-order valence-corrected chi connectivity index (χ3v) is 3.68. The van der Waals surface area contributed by atoms with Crippen molar-refractivity contribution in [2.45, 2.75) is 53.9 Å². The summed E-state index contributed by atoms with van der Waals surface area (Å²) in [4.78, 5) is 11.0. The van der Waals surface area contributed by atoms with Gasteiger partial charge in [0.1, 0.15) is 0 Å². The van der Waals surface area contributed by atoms with Crippen LogP contribution in [0.2, 0.25) is 0 Å². The maximum Gasteiger partial charge on any atom is 0.306 e. The molecule has 88 valence electrons. The smallest absolute Gasteiger partial charge is 0.306 e. The van der Waals surface area contributed by atoms with E-state index in [1.54, 1.807) is 0 Å². The Morgan fingerprint density at radius 2 is 1.60 bits per heavy atom. The summed E-state index contributed by atoms with van der Waals surface area (Å²) in [7, 11) is 0. The maximum absolute atomic E-state index is 11.0. The van der Waals surface area contributed by atoms with Crippen molar-refractivity contribution < 1.29 is 9.90 Å². The van der Waals surface area contributed by atoms with E-state index in [0.29, 0.717) is 5.92 Å². The molecule has 1 atom stereocenters. The monoisotopic (exact) mass is 212 g/mol. The van der Waals surface area contributed by atoms with Crippen LogP contribution in [0.3, 0.4) is 0 Å². The van der Waals surface area contributed by atoms with Gasteiger partial charge >= 0.3 is 5.97 Å². The van der Waals surface area contributed by atoms with Gasteiger partial charge in [-0.05, 0) is 36.0 Å². The van der Waals surface area contributed by atoms with Gasteiger partial charge in [-0.2, -0.15) is 0 Å². The Hall–Kier alpha value is -0.530. The Morgan fingerprint density at radius 3 is 1.93 bits per heavy atom. The molecule has 1 rings (SSSR count). The summed E-state index contributed by atoms with van der Waals surface area (Å²) in [5, 5.41) is 9.07. The zero-order chi connectivity index (χ0) is 11.9. The summed E-state index contributed by atoms with van der Waals surface area (Å²) in [5.41, 5.74) is 0.576. The summed E-state index contributed by atoms with van der Waals surface area (Å²) in [6.07, 6.45) is 3.29. The molecule has 1 aliphatic carbocycles. The van der Waals surface area contributed by atoms with Gasteiger partial charge in [-0.3, -0.25) is 4.79 Å². The highest BCUT2D eigenvalue weighted by Crippen LogP contribution is 2.50. The van der Waals surface area contributed by atoms with Gasteiger partial charge in [0.15, 0.2) is 0 Å². The van der Waals surface area contributed by atoms with Gasteiger partial charge in [0, 0.05) is 0 Å². The maximum atomic E-state index is 11.0. The fourth-order valence-corrected chi connectivity index (χ4v) is 3.49. The Kier molecular flexibility index (Phi) is 3.18. The summed E-state index contributed by atoms with van der Waals surface area (Å²) in [6.45, 7) is 10.9. The lowest BCUT2D eigenvalue weighted by atomic mass is 9.59. The van der Waals surface area contributed by atoms with Gasteiger partial charge in [-0.25, -0.2) is 0 Å². The highest BCUT2D eigenvalue weighted by atomic mass is 16.4. The quantitative estimate of drug-likeness (QED) is 0.760. The Bertz CT molecular complexity index is 237. The van der Waals surface area contributed by atoms with E-state index >= 15 is 0 Å². The molecule has 0 heterocycles. The van der Waals surface area contributed by atoms with Crippen LogP contribution < -0.4 is 0 Å². The minimum absolute atomic E-state index is 0.205. The molecule has 0 saturated heterocycles. The topological polar surface area (TPSA) is 37.3 Å². The van der Waals surface area contributed by atoms with Gasteiger partial charge in [-0.15, -0.1) is 0 Å². The van der Waals surface area contributed by atoms with Crippen molar-refractivity contribution in [2.24, 2.45) is 22.7 Å². The first-order chi connectivity index (χ1) is 6.63. The second-order valence-corrected chi connectivity index (χ2v) is 6.80. The van der Waals surface area contributed by atoms with Crippen molar-refractivity contribution in [2.75, 3.05) is 0 Å². The van der Waals surface area contributed by atoms with Crippen molar-refractivity contribution in [1.82, 2.24) is 0 Å². The van der Waals surface area contributed by atoms with Gasteiger partial charge in [0.05, 0.1) is 5.92 Å². The van der Waals surface area contributed by atoms with Gasteiger partial charge in [0.2, 0.25) is 0 Å². The molecule has 1 aliphatic rings. The average Bonchev–Trinajstić information content (AvgIpc) is 1.96. The lowest BCUT2D eigenvalue weighted by molar-refractivity contribution is -0.144. The molecule has 2 nitrogen and oxygen atoms in total. The van der Waals surface area contributed by atoms with Crippen molar-refractivity contribution >= 4 is 5.97 Å². The number of aliphatic carboxylic acids is 1. The minimum Gasteiger partial charge on any atom is -0.481 e. The van der Waals surface area contributed by atoms with E-state index in [2.05, 4.69) is 27.7 Å². The number of carbonyl (C=O) groups is 1. The Morgan fingerprint density at radius 1 is 1.20 bits per heavy atom. The molecular formula is C13H24O2. The minimum atomic E-state index is -0.645. The number of rotatable bonds is 2. The number of hydrogen-bond acceptors (Lipinski definition) is 1. The van der Waals surface area contributed by atoms with Gasteiger partial charge < -0.3 is 5.11 Å². The number of hydrogen-bond donors (Lipinski definition) is 1. The van der Waals surface area contributed by atoms with Crippen LogP contribution in [0.15, 0.2) is 0 Å². The van der Waals surface area contributed by atoms with E-state index in [4.69, 9.17) is 5.11 Å². The van der Waals surface area contributed by atoms with Crippen molar-refractivity contribution in [1.29, 1.82) is 0 Å². The standard InChI is InChI=1S/C13H24O2/c1-9(11(14)15)10-6-12(2,3)8-13(4,5)7-10/h9-10H,6-8H2,1-5H3,(H,14,15). The largest absolute Gasteiger partial charge is 0.481 e. The molecule has 0 bridgehead atoms. The predicted molar refractivity (Wildman–Crippen MR) is 61.7 cm³/mol. The highest BCUT2D eigenvalue weighted by molar-refractivity contribution is 5.69. The van der Waals surface area contributed by atoms with E-state index in [0.717, 1.165) is 12.8 Å². The highest BCUT2D eigenvalue weighted by Gasteiger charge is 2.41. The van der Waals surface area contributed by atoms with Crippen molar-refractivity contribution in [3.8, 4) is 0 Å². The molecule has 2 heteroatoms. The zero-order valence-electron chi connectivity index (χ0n) is 10.6. The third kappa shape index (κ3) is 3.22. The van der Waals surface area contributed by atoms with Crippen molar-refractivity contribution in [3.05, 3.63) is 0 Å². The fourth-order valence-electron chi connectivity index (χ4n) is 3.49. The molecule has 1 saturated carbocycles. The number of carboxylic acid groups (broad SMARTS) is 1. The summed E-state index contributed by atoms with van der Waals surface area (Å²) in [5.74, 6) is -0.515. The van der Waals surface area contributed by atoms with Gasteiger partial charge in [0.25, 0.3) is 0 Å². The summed E-state index contributed by atoms with van der Waals surface area (Å²) in [6, 6.07) is 0. The first-order valence-electron chi connectivity index (χ1n) is 5.86. The molecule has 1 N–H and O–H groups in total. The molecule has 0 amide bonds. The summed E-state index contributed by atoms with van der Waals surface area (Å²) >= 11 is 0. The molecule has 0 spiro atoms. The predicted octanol–water partition coefficient (Wildman–Crippen LogP) is 3.56. The summed E-state index contributed by atoms with van der Waals surface area (Å²) < 4.78 is 0. The van der Waals surface area contributed by atoms with E-state index in [9.17, 15) is 4.79 Å². The molecule has 0 radical (unpaired) electrons. The Balaban J connectivity index is 2.79. The first-order valence-corrected chi connectivity index (χ1v) is 5.86. The van der Waals surface area contributed by atoms with Crippen LogP contribution in [0.25, 0.3) is 0 Å². The fraction of sp³-hybridized carbons (Fsp3) is 0.923. The molecule has 0 aromatic heterocycles. The van der Waals surface area contributed by atoms with Crippen LogP contribution in [-0.2, 0) is 4.79 Å². The van der Waals surface area contributed by atoms with Crippen LogP contribution in [0.5, 0.6) is 0 Å². The second kappa shape index (κ2) is 3.80. The zero-order valence-corrected chi connectivity index (χ0v) is 10.6. The van der Waals surface area contributed by atoms with Crippen LogP contribution in [0.1, 0.15) is 53.9 Å². The van der Waals surface area contributed by atoms with E-state index in [-0.39, 0.29) is 16.7 Å². The second-order valence-electron chi connectivity index (χ2n) is 6.80. The van der Waals surface area contributed by atoms with Crippen LogP contribution in [0.4, 0.5) is 0 Å². The van der Waals surface area contributed by atoms with Crippen LogP contribution >= 0.6 is 0 Å². The molecule has 15 heavy (non-hydrogen) atoms. The molecule has 0 aromatic carbocycles. The molecule has 0 aliphatic heterocycles. The van der Waals surface area contributed by atoms with E-state index in [1.165, 1.54) is 6.42 Å². The van der Waals surface area contributed by atoms with Crippen molar-refractivity contribution in [3.63, 3.8) is 0 Å². The normalized spacial score (nSPS) is 27.3. The Labute approximate surface area is 93.1 Å². The van der Waals surface area contributed by atoms with E-state index in [1.807, 2.05) is 6.92 Å². The van der Waals surface area contributed by atoms with Gasteiger partial charge in [-0.1, -0.05) is 34.6 Å². The SMILES string of the molecule is CC(C(=O)O)C1CC(C)(C)CC(C)(C)C1. The van der Waals surface area contributed by atoms with Crippen LogP contribution in [0, 0.1) is 22.7 Å².